The summed E-state index contributed by atoms with van der Waals surface area (Å²) in [5.41, 5.74) is 3.41. The molecule has 1 unspecified atom stereocenters. The van der Waals surface area contributed by atoms with Crippen molar-refractivity contribution in [1.29, 1.82) is 0 Å². The number of nitrogens with one attached hydrogen (secondary N) is 1. The fourth-order valence-electron chi connectivity index (χ4n) is 2.80. The molecule has 0 aliphatic rings. The van der Waals surface area contributed by atoms with Crippen LogP contribution in [0.1, 0.15) is 30.9 Å². The first-order valence-corrected chi connectivity index (χ1v) is 11.9. The molecule has 0 fully saturated rings. The van der Waals surface area contributed by atoms with E-state index in [0.29, 0.717) is 27.2 Å². The molecule has 0 saturated heterocycles. The zero-order valence-electron chi connectivity index (χ0n) is 17.1. The van der Waals surface area contributed by atoms with E-state index in [1.165, 1.54) is 47.5 Å². The Morgan fingerprint density at radius 2 is 1.90 bits per heavy atom. The fourth-order valence-corrected chi connectivity index (χ4v) is 5.22. The Morgan fingerprint density at radius 3 is 2.52 bits per heavy atom. The van der Waals surface area contributed by atoms with Crippen molar-refractivity contribution < 1.29 is 17.4 Å². The number of benzene rings is 2. The van der Waals surface area contributed by atoms with Crippen molar-refractivity contribution in [3.8, 4) is 0 Å². The number of hydrogen-bond donors (Lipinski definition) is 1. The summed E-state index contributed by atoms with van der Waals surface area (Å²) in [6.07, 6.45) is 3.37. The lowest BCUT2D eigenvalue weighted by Crippen LogP contribution is -2.22. The fraction of sp³-hybridized carbons (Fsp3) is 0.318. The summed E-state index contributed by atoms with van der Waals surface area (Å²) in [4.78, 5) is 11.1. The molecule has 2 aromatic carbocycles. The highest BCUT2D eigenvalue weighted by atomic mass is 32.2. The van der Waals surface area contributed by atoms with Crippen LogP contribution in [0.15, 0.2) is 60.0 Å². The van der Waals surface area contributed by atoms with Crippen LogP contribution in [0.25, 0.3) is 0 Å². The lowest BCUT2D eigenvalue weighted by molar-refractivity contribution is -0.114. The lowest BCUT2D eigenvalue weighted by Gasteiger charge is -2.14. The van der Waals surface area contributed by atoms with Crippen LogP contribution in [-0.4, -0.2) is 30.5 Å². The van der Waals surface area contributed by atoms with Crippen molar-refractivity contribution in [2.45, 2.75) is 44.0 Å². The molecule has 5 nitrogen and oxygen atoms in total. The Labute approximate surface area is 176 Å². The first-order valence-electron chi connectivity index (χ1n) is 9.45. The van der Waals surface area contributed by atoms with Crippen LogP contribution < -0.4 is 10.5 Å². The second kappa shape index (κ2) is 10.5. The van der Waals surface area contributed by atoms with Crippen molar-refractivity contribution in [3.05, 3.63) is 66.2 Å². The molecule has 0 heterocycles. The van der Waals surface area contributed by atoms with E-state index < -0.39 is 10.1 Å². The first-order chi connectivity index (χ1) is 13.7. The standard InChI is InChI=1S/C22H27NO4SSi/c1-5-21(29-22-10-6-8-16(2)17(22)3)9-7-15-27-28(25,26)20-13-11-19(12-14-20)23-18(4)24/h5-6,8,10-14,21H,1,7,9,15H2,2-4H3,(H,23,24). The number of hydrogen-bond acceptors (Lipinski definition) is 4. The van der Waals surface area contributed by atoms with E-state index in [1.807, 2.05) is 6.08 Å². The summed E-state index contributed by atoms with van der Waals surface area (Å²) >= 11 is 0. The van der Waals surface area contributed by atoms with Crippen LogP contribution in [0, 0.1) is 13.8 Å². The Kier molecular flexibility index (Phi) is 8.37. The summed E-state index contributed by atoms with van der Waals surface area (Å²) in [6.45, 7) is 9.68. The average molecular weight is 430 g/mol. The predicted octanol–water partition coefficient (Wildman–Crippen LogP) is 3.75. The average Bonchev–Trinajstić information content (AvgIpc) is 2.67. The van der Waals surface area contributed by atoms with Crippen molar-refractivity contribution in [3.63, 3.8) is 0 Å². The molecule has 0 bridgehead atoms. The second-order valence-corrected chi connectivity index (χ2v) is 10.0. The van der Waals surface area contributed by atoms with Crippen LogP contribution >= 0.6 is 0 Å². The Hall–Kier alpha value is -2.22. The molecule has 0 aliphatic heterocycles. The molecule has 7 heteroatoms. The van der Waals surface area contributed by atoms with Crippen molar-refractivity contribution in [1.82, 2.24) is 0 Å². The number of amides is 1. The van der Waals surface area contributed by atoms with E-state index in [0.717, 1.165) is 6.42 Å². The summed E-state index contributed by atoms with van der Waals surface area (Å²) < 4.78 is 29.8. The maximum absolute atomic E-state index is 12.3. The summed E-state index contributed by atoms with van der Waals surface area (Å²) in [5, 5.41) is 3.92. The van der Waals surface area contributed by atoms with Gasteiger partial charge >= 0.3 is 0 Å². The van der Waals surface area contributed by atoms with E-state index in [4.69, 9.17) is 4.18 Å². The van der Waals surface area contributed by atoms with E-state index in [-0.39, 0.29) is 17.4 Å². The molecule has 1 N–H and O–H groups in total. The second-order valence-electron chi connectivity index (χ2n) is 6.86. The number of anilines is 1. The molecule has 0 aliphatic carbocycles. The number of rotatable bonds is 10. The number of allylic oxidation sites excluding steroid dienone is 1. The minimum Gasteiger partial charge on any atom is -0.326 e. The predicted molar refractivity (Wildman–Crippen MR) is 118 cm³/mol. The molecule has 0 saturated carbocycles. The van der Waals surface area contributed by atoms with Crippen LogP contribution in [0.3, 0.4) is 0 Å². The molecule has 29 heavy (non-hydrogen) atoms. The molecule has 154 valence electrons. The number of aryl methyl sites for hydroxylation is 1. The zero-order chi connectivity index (χ0) is 21.4. The van der Waals surface area contributed by atoms with Gasteiger partial charge in [0.25, 0.3) is 10.1 Å². The smallest absolute Gasteiger partial charge is 0.296 e. The van der Waals surface area contributed by atoms with Gasteiger partial charge in [0.2, 0.25) is 5.91 Å². The van der Waals surface area contributed by atoms with Gasteiger partial charge in [0, 0.05) is 12.6 Å². The minimum atomic E-state index is -3.82. The molecule has 1 amide bonds. The zero-order valence-corrected chi connectivity index (χ0v) is 18.9. The third-order valence-corrected chi connectivity index (χ3v) is 7.67. The van der Waals surface area contributed by atoms with E-state index in [2.05, 4.69) is 43.9 Å². The largest absolute Gasteiger partial charge is 0.326 e. The van der Waals surface area contributed by atoms with E-state index in [1.54, 1.807) is 0 Å². The molecular formula is C22H27NO4SSi. The summed E-state index contributed by atoms with van der Waals surface area (Å²) in [6, 6.07) is 12.2. The molecule has 0 aromatic heterocycles. The molecule has 2 rings (SSSR count). The van der Waals surface area contributed by atoms with Gasteiger partial charge in [-0.25, -0.2) is 0 Å². The van der Waals surface area contributed by atoms with Gasteiger partial charge in [-0.2, -0.15) is 8.42 Å². The number of carbonyl (C=O) groups is 1. The van der Waals surface area contributed by atoms with Crippen molar-refractivity contribution >= 4 is 36.4 Å². The first kappa shape index (κ1) is 23.1. The maximum Gasteiger partial charge on any atom is 0.296 e. The van der Waals surface area contributed by atoms with Crippen LogP contribution in [0.4, 0.5) is 5.69 Å². The minimum absolute atomic E-state index is 0.0733. The quantitative estimate of drug-likeness (QED) is 0.270. The topological polar surface area (TPSA) is 72.5 Å². The van der Waals surface area contributed by atoms with Crippen molar-refractivity contribution in [2.24, 2.45) is 0 Å². The Morgan fingerprint density at radius 1 is 1.21 bits per heavy atom. The molecular weight excluding hydrogens is 402 g/mol. The van der Waals surface area contributed by atoms with Gasteiger partial charge in [0.05, 0.1) is 21.0 Å². The molecule has 2 aromatic rings. The van der Waals surface area contributed by atoms with Gasteiger partial charge in [-0.15, -0.1) is 6.58 Å². The number of carbonyl (C=O) groups excluding carboxylic acids is 1. The molecule has 0 spiro atoms. The molecule has 1 atom stereocenters. The Balaban J connectivity index is 1.86. The highest BCUT2D eigenvalue weighted by Crippen LogP contribution is 2.19. The SMILES string of the molecule is C=CC(CCCOS(=O)(=O)c1ccc(NC(C)=O)cc1)[Si]c1cccc(C)c1C. The third-order valence-electron chi connectivity index (χ3n) is 4.59. The monoisotopic (exact) mass is 429 g/mol. The summed E-state index contributed by atoms with van der Waals surface area (Å²) in [7, 11) is -3.22. The maximum atomic E-state index is 12.3. The highest BCUT2D eigenvalue weighted by molar-refractivity contribution is 7.86. The Bertz CT molecular complexity index is 955. The van der Waals surface area contributed by atoms with Gasteiger partial charge in [-0.3, -0.25) is 8.98 Å². The normalized spacial score (nSPS) is 12.4. The van der Waals surface area contributed by atoms with Gasteiger partial charge in [0.15, 0.2) is 0 Å². The van der Waals surface area contributed by atoms with Gasteiger partial charge < -0.3 is 5.32 Å². The van der Waals surface area contributed by atoms with E-state index in [9.17, 15) is 13.2 Å². The van der Waals surface area contributed by atoms with Crippen LogP contribution in [0.5, 0.6) is 0 Å². The molecule has 2 radical (unpaired) electrons. The van der Waals surface area contributed by atoms with Crippen molar-refractivity contribution in [2.75, 3.05) is 11.9 Å². The van der Waals surface area contributed by atoms with Crippen LogP contribution in [-0.2, 0) is 19.1 Å². The van der Waals surface area contributed by atoms with E-state index >= 15 is 0 Å². The lowest BCUT2D eigenvalue weighted by atomic mass is 10.1. The van der Waals surface area contributed by atoms with Gasteiger partial charge in [0.1, 0.15) is 0 Å². The van der Waals surface area contributed by atoms with Gasteiger partial charge in [-0.1, -0.05) is 29.5 Å². The van der Waals surface area contributed by atoms with Gasteiger partial charge in [-0.05, 0) is 67.6 Å². The van der Waals surface area contributed by atoms with Crippen LogP contribution in [0.2, 0.25) is 5.54 Å². The highest BCUT2D eigenvalue weighted by Gasteiger charge is 2.16. The third kappa shape index (κ3) is 6.95. The summed E-state index contributed by atoms with van der Waals surface area (Å²) in [5.74, 6) is -0.213.